The topological polar surface area (TPSA) is 60.9 Å². The summed E-state index contributed by atoms with van der Waals surface area (Å²) in [4.78, 5) is 28.1. The van der Waals surface area contributed by atoms with Crippen LogP contribution in [0.25, 0.3) is 5.57 Å². The number of anilines is 1. The average Bonchev–Trinajstić information content (AvgIpc) is 2.87. The van der Waals surface area contributed by atoms with Gasteiger partial charge in [0, 0.05) is 13.6 Å². The van der Waals surface area contributed by atoms with Crippen LogP contribution in [-0.2, 0) is 9.59 Å². The summed E-state index contributed by atoms with van der Waals surface area (Å²) in [6.45, 7) is -0.137. The number of benzene rings is 2. The smallest absolute Gasteiger partial charge is 0.282 e. The summed E-state index contributed by atoms with van der Waals surface area (Å²) in [5, 5.41) is 9.19. The molecule has 0 radical (unpaired) electrons. The van der Waals surface area contributed by atoms with E-state index in [1.165, 1.54) is 47.4 Å². The lowest BCUT2D eigenvalue weighted by Crippen LogP contribution is -2.35. The molecule has 0 aromatic heterocycles. The van der Waals surface area contributed by atoms with Gasteiger partial charge in [-0.1, -0.05) is 24.3 Å². The fraction of sp³-hybridized carbons (Fsp3) is 0.158. The predicted octanol–water partition coefficient (Wildman–Crippen LogP) is 2.17. The van der Waals surface area contributed by atoms with E-state index in [2.05, 4.69) is 0 Å². The van der Waals surface area contributed by atoms with E-state index >= 15 is 0 Å². The largest absolute Gasteiger partial charge is 0.395 e. The van der Waals surface area contributed by atoms with Gasteiger partial charge in [0.1, 0.15) is 17.3 Å². The molecule has 26 heavy (non-hydrogen) atoms. The van der Waals surface area contributed by atoms with Gasteiger partial charge in [0.15, 0.2) is 0 Å². The van der Waals surface area contributed by atoms with Gasteiger partial charge in [0.2, 0.25) is 0 Å². The number of carbonyl (C=O) groups excluding carboxylic acids is 2. The zero-order valence-electron chi connectivity index (χ0n) is 13.9. The van der Waals surface area contributed by atoms with Crippen molar-refractivity contribution in [3.05, 3.63) is 71.4 Å². The SMILES string of the molecule is CN(CCO)C1=C(c2ccc(F)cc2)C(=O)N(c2ccccc2F)C1=O. The Morgan fingerprint density at radius 3 is 2.27 bits per heavy atom. The Kier molecular flexibility index (Phi) is 4.81. The lowest BCUT2D eigenvalue weighted by atomic mass is 10.0. The number of rotatable bonds is 5. The highest BCUT2D eigenvalue weighted by Gasteiger charge is 2.42. The van der Waals surface area contributed by atoms with Crippen LogP contribution in [0.4, 0.5) is 14.5 Å². The van der Waals surface area contributed by atoms with Crippen molar-refractivity contribution >= 4 is 23.1 Å². The zero-order chi connectivity index (χ0) is 18.8. The van der Waals surface area contributed by atoms with Gasteiger partial charge in [0.05, 0.1) is 17.9 Å². The highest BCUT2D eigenvalue weighted by molar-refractivity contribution is 6.45. The molecule has 2 aromatic carbocycles. The van der Waals surface area contributed by atoms with E-state index in [1.807, 2.05) is 0 Å². The number of likely N-dealkylation sites (N-methyl/N-ethyl adjacent to an activating group) is 1. The molecular weight excluding hydrogens is 342 g/mol. The van der Waals surface area contributed by atoms with Gasteiger partial charge in [-0.25, -0.2) is 13.7 Å². The van der Waals surface area contributed by atoms with Crippen molar-refractivity contribution in [3.63, 3.8) is 0 Å². The van der Waals surface area contributed by atoms with Crippen molar-refractivity contribution in [2.75, 3.05) is 25.1 Å². The van der Waals surface area contributed by atoms with E-state index in [0.717, 1.165) is 11.0 Å². The van der Waals surface area contributed by atoms with Crippen molar-refractivity contribution in [1.29, 1.82) is 0 Å². The number of aliphatic hydroxyl groups is 1. The van der Waals surface area contributed by atoms with Crippen LogP contribution in [0.5, 0.6) is 0 Å². The molecule has 5 nitrogen and oxygen atoms in total. The molecule has 0 saturated heterocycles. The molecule has 0 bridgehead atoms. The standard InChI is InChI=1S/C19H16F2N2O3/c1-22(10-11-24)17-16(12-6-8-13(20)9-7-12)18(25)23(19(17)26)15-5-3-2-4-14(15)21/h2-9,24H,10-11H2,1H3. The number of imide groups is 1. The lowest BCUT2D eigenvalue weighted by molar-refractivity contribution is -0.120. The zero-order valence-corrected chi connectivity index (χ0v) is 13.9. The quantitative estimate of drug-likeness (QED) is 0.833. The molecule has 2 amide bonds. The van der Waals surface area contributed by atoms with Crippen LogP contribution in [0, 0.1) is 11.6 Å². The summed E-state index contributed by atoms with van der Waals surface area (Å²) in [6.07, 6.45) is 0. The van der Waals surface area contributed by atoms with Gasteiger partial charge in [-0.05, 0) is 29.8 Å². The number of halogens is 2. The molecular formula is C19H16F2N2O3. The van der Waals surface area contributed by atoms with E-state index in [1.54, 1.807) is 7.05 Å². The Balaban J connectivity index is 2.15. The number of nitrogens with zero attached hydrogens (tertiary/aromatic N) is 2. The first-order valence-electron chi connectivity index (χ1n) is 7.91. The van der Waals surface area contributed by atoms with Gasteiger partial charge in [0.25, 0.3) is 11.8 Å². The molecule has 1 N–H and O–H groups in total. The molecule has 0 saturated carbocycles. The van der Waals surface area contributed by atoms with Crippen LogP contribution in [0.1, 0.15) is 5.56 Å². The summed E-state index contributed by atoms with van der Waals surface area (Å²) in [7, 11) is 1.55. The maximum absolute atomic E-state index is 14.2. The van der Waals surface area contributed by atoms with Crippen LogP contribution < -0.4 is 4.90 Å². The van der Waals surface area contributed by atoms with Crippen LogP contribution in [-0.4, -0.2) is 42.0 Å². The number of amides is 2. The minimum Gasteiger partial charge on any atom is -0.395 e. The summed E-state index contributed by atoms with van der Waals surface area (Å²) in [6, 6.07) is 10.6. The molecule has 1 aliphatic rings. The number of aliphatic hydroxyl groups excluding tert-OH is 1. The molecule has 7 heteroatoms. The Hall–Kier alpha value is -3.06. The molecule has 0 fully saturated rings. The second-order valence-electron chi connectivity index (χ2n) is 5.77. The second-order valence-corrected chi connectivity index (χ2v) is 5.77. The van der Waals surface area contributed by atoms with E-state index in [0.29, 0.717) is 5.56 Å². The molecule has 0 aliphatic carbocycles. The van der Waals surface area contributed by atoms with Gasteiger partial charge in [-0.3, -0.25) is 9.59 Å². The second kappa shape index (κ2) is 7.05. The first kappa shape index (κ1) is 17.8. The molecule has 0 atom stereocenters. The number of hydrogen-bond acceptors (Lipinski definition) is 4. The molecule has 3 rings (SSSR count). The minimum absolute atomic E-state index is 0.0268. The van der Waals surface area contributed by atoms with E-state index in [9.17, 15) is 23.5 Å². The van der Waals surface area contributed by atoms with Gasteiger partial charge in [-0.15, -0.1) is 0 Å². The van der Waals surface area contributed by atoms with Crippen LogP contribution in [0.15, 0.2) is 54.2 Å². The molecule has 1 aliphatic heterocycles. The van der Waals surface area contributed by atoms with Crippen molar-refractivity contribution in [3.8, 4) is 0 Å². The first-order valence-corrected chi connectivity index (χ1v) is 7.91. The predicted molar refractivity (Wildman–Crippen MR) is 91.9 cm³/mol. The lowest BCUT2D eigenvalue weighted by Gasteiger charge is -2.20. The van der Waals surface area contributed by atoms with Crippen molar-refractivity contribution in [2.45, 2.75) is 0 Å². The maximum Gasteiger partial charge on any atom is 0.282 e. The number of hydrogen-bond donors (Lipinski definition) is 1. The Morgan fingerprint density at radius 1 is 1.00 bits per heavy atom. The molecule has 0 unspecified atom stereocenters. The summed E-state index contributed by atoms with van der Waals surface area (Å²) < 4.78 is 27.4. The monoisotopic (exact) mass is 358 g/mol. The van der Waals surface area contributed by atoms with Gasteiger partial charge >= 0.3 is 0 Å². The van der Waals surface area contributed by atoms with E-state index < -0.39 is 23.4 Å². The average molecular weight is 358 g/mol. The first-order chi connectivity index (χ1) is 12.5. The third-order valence-corrected chi connectivity index (χ3v) is 4.10. The normalized spacial score (nSPS) is 14.4. The fourth-order valence-corrected chi connectivity index (χ4v) is 2.86. The fourth-order valence-electron chi connectivity index (χ4n) is 2.86. The highest BCUT2D eigenvalue weighted by atomic mass is 19.1. The van der Waals surface area contributed by atoms with E-state index in [4.69, 9.17) is 0 Å². The molecule has 2 aromatic rings. The number of carbonyl (C=O) groups is 2. The summed E-state index contributed by atoms with van der Waals surface area (Å²) in [5.41, 5.74) is 0.242. The van der Waals surface area contributed by atoms with Crippen molar-refractivity contribution in [2.24, 2.45) is 0 Å². The molecule has 0 spiro atoms. The van der Waals surface area contributed by atoms with Gasteiger partial charge < -0.3 is 10.0 Å². The third kappa shape index (κ3) is 2.97. The van der Waals surface area contributed by atoms with Crippen molar-refractivity contribution < 1.29 is 23.5 Å². The van der Waals surface area contributed by atoms with Crippen LogP contribution in [0.3, 0.4) is 0 Å². The summed E-state index contributed by atoms with van der Waals surface area (Å²) >= 11 is 0. The van der Waals surface area contributed by atoms with E-state index in [-0.39, 0.29) is 30.1 Å². The Bertz CT molecular complexity index is 894. The molecule has 134 valence electrons. The highest BCUT2D eigenvalue weighted by Crippen LogP contribution is 2.35. The van der Waals surface area contributed by atoms with Crippen LogP contribution >= 0.6 is 0 Å². The number of para-hydroxylation sites is 1. The Morgan fingerprint density at radius 2 is 1.65 bits per heavy atom. The molecule has 1 heterocycles. The Labute approximate surface area is 148 Å². The van der Waals surface area contributed by atoms with Crippen molar-refractivity contribution in [1.82, 2.24) is 4.90 Å². The van der Waals surface area contributed by atoms with Crippen LogP contribution in [0.2, 0.25) is 0 Å². The third-order valence-electron chi connectivity index (χ3n) is 4.10. The maximum atomic E-state index is 14.2. The minimum atomic E-state index is -0.710. The van der Waals surface area contributed by atoms with Gasteiger partial charge in [-0.2, -0.15) is 0 Å². The summed E-state index contributed by atoms with van der Waals surface area (Å²) in [5.74, 6) is -2.59.